The molecule has 0 fully saturated rings. The van der Waals surface area contributed by atoms with E-state index in [9.17, 15) is 14.0 Å². The highest BCUT2D eigenvalue weighted by Gasteiger charge is 2.12. The fraction of sp³-hybridized carbons (Fsp3) is 0.0588. The van der Waals surface area contributed by atoms with Crippen molar-refractivity contribution in [3.05, 3.63) is 64.8 Å². The van der Waals surface area contributed by atoms with Crippen LogP contribution in [0.5, 0.6) is 0 Å². The van der Waals surface area contributed by atoms with Gasteiger partial charge in [-0.1, -0.05) is 6.07 Å². The van der Waals surface area contributed by atoms with Crippen LogP contribution in [0.3, 0.4) is 0 Å². The molecule has 4 nitrogen and oxygen atoms in total. The van der Waals surface area contributed by atoms with Gasteiger partial charge < -0.3 is 10.1 Å². The minimum absolute atomic E-state index is 0.311. The number of hydrogen-bond donors (Lipinski definition) is 1. The summed E-state index contributed by atoms with van der Waals surface area (Å²) in [6.45, 7) is 0. The molecule has 116 valence electrons. The lowest BCUT2D eigenvalue weighted by Gasteiger charge is -2.05. The number of carbonyl (C=O) groups excluding carboxylic acids is 2. The van der Waals surface area contributed by atoms with E-state index >= 15 is 0 Å². The number of esters is 1. The van der Waals surface area contributed by atoms with Gasteiger partial charge in [0, 0.05) is 10.4 Å². The van der Waals surface area contributed by atoms with Crippen molar-refractivity contribution in [2.45, 2.75) is 0 Å². The molecule has 3 aromatic rings. The van der Waals surface area contributed by atoms with E-state index < -0.39 is 5.97 Å². The smallest absolute Gasteiger partial charge is 0.337 e. The van der Waals surface area contributed by atoms with Gasteiger partial charge in [0.2, 0.25) is 0 Å². The molecule has 6 heteroatoms. The third kappa shape index (κ3) is 3.22. The van der Waals surface area contributed by atoms with Crippen LogP contribution in [0.15, 0.2) is 48.5 Å². The predicted octanol–water partition coefficient (Wildman–Crippen LogP) is 4.08. The molecule has 1 heterocycles. The zero-order valence-electron chi connectivity index (χ0n) is 12.1. The first kappa shape index (κ1) is 15.2. The number of halogens is 1. The molecule has 0 spiro atoms. The predicted molar refractivity (Wildman–Crippen MR) is 87.5 cm³/mol. The Kier molecular flexibility index (Phi) is 4.08. The van der Waals surface area contributed by atoms with E-state index in [-0.39, 0.29) is 11.7 Å². The number of rotatable bonds is 3. The summed E-state index contributed by atoms with van der Waals surface area (Å²) >= 11 is 1.28. The van der Waals surface area contributed by atoms with Crippen molar-refractivity contribution in [1.29, 1.82) is 0 Å². The number of hydrogen-bond acceptors (Lipinski definition) is 4. The molecule has 3 rings (SSSR count). The van der Waals surface area contributed by atoms with Crippen molar-refractivity contribution in [2.75, 3.05) is 12.4 Å². The monoisotopic (exact) mass is 329 g/mol. The Morgan fingerprint density at radius 1 is 1.13 bits per heavy atom. The maximum atomic E-state index is 13.2. The third-order valence-corrected chi connectivity index (χ3v) is 4.36. The van der Waals surface area contributed by atoms with Gasteiger partial charge in [-0.25, -0.2) is 9.18 Å². The molecule has 0 saturated heterocycles. The Morgan fingerprint density at radius 3 is 2.74 bits per heavy atom. The fourth-order valence-electron chi connectivity index (χ4n) is 2.16. The number of ether oxygens (including phenoxy) is 1. The lowest BCUT2D eigenvalue weighted by atomic mass is 10.2. The molecule has 0 aliphatic carbocycles. The molecule has 0 bridgehead atoms. The molecular weight excluding hydrogens is 317 g/mol. The summed E-state index contributed by atoms with van der Waals surface area (Å²) in [5.74, 6) is -1.12. The van der Waals surface area contributed by atoms with Gasteiger partial charge in [0.05, 0.1) is 17.6 Å². The fourth-order valence-corrected chi connectivity index (χ4v) is 3.10. The second-order valence-corrected chi connectivity index (χ2v) is 5.90. The maximum absolute atomic E-state index is 13.2. The highest BCUT2D eigenvalue weighted by molar-refractivity contribution is 7.20. The lowest BCUT2D eigenvalue weighted by Crippen LogP contribution is -2.11. The highest BCUT2D eigenvalue weighted by Crippen LogP contribution is 2.27. The number of fused-ring (bicyclic) bond motifs is 1. The van der Waals surface area contributed by atoms with Crippen molar-refractivity contribution < 1.29 is 18.7 Å². The molecule has 2 aromatic carbocycles. The number of carbonyl (C=O) groups is 2. The Morgan fingerprint density at radius 2 is 1.96 bits per heavy atom. The zero-order chi connectivity index (χ0) is 16.4. The average Bonchev–Trinajstić information content (AvgIpc) is 2.97. The third-order valence-electron chi connectivity index (χ3n) is 3.24. The maximum Gasteiger partial charge on any atom is 0.337 e. The molecule has 0 radical (unpaired) electrons. The summed E-state index contributed by atoms with van der Waals surface area (Å²) in [7, 11) is 1.30. The van der Waals surface area contributed by atoms with Gasteiger partial charge in [-0.3, -0.25) is 4.79 Å². The lowest BCUT2D eigenvalue weighted by molar-refractivity contribution is 0.0600. The van der Waals surface area contributed by atoms with Crippen LogP contribution in [0, 0.1) is 5.82 Å². The molecule has 0 saturated carbocycles. The van der Waals surface area contributed by atoms with E-state index in [1.807, 2.05) is 0 Å². The van der Waals surface area contributed by atoms with Gasteiger partial charge in [-0.05, 0) is 47.9 Å². The molecular formula is C17H12FNO3S. The highest BCUT2D eigenvalue weighted by atomic mass is 32.1. The van der Waals surface area contributed by atoms with Crippen molar-refractivity contribution in [3.8, 4) is 0 Å². The van der Waals surface area contributed by atoms with Crippen LogP contribution in [0.4, 0.5) is 10.1 Å². The Balaban J connectivity index is 1.84. The topological polar surface area (TPSA) is 55.4 Å². The summed E-state index contributed by atoms with van der Waals surface area (Å²) in [6, 6.07) is 12.5. The van der Waals surface area contributed by atoms with Crippen molar-refractivity contribution >= 4 is 39.0 Å². The molecule has 0 unspecified atom stereocenters. The number of benzene rings is 2. The van der Waals surface area contributed by atoms with Crippen LogP contribution in [0.2, 0.25) is 0 Å². The van der Waals surface area contributed by atoms with E-state index in [0.717, 1.165) is 4.70 Å². The van der Waals surface area contributed by atoms with E-state index in [1.165, 1.54) is 36.6 Å². The normalized spacial score (nSPS) is 10.5. The summed E-state index contributed by atoms with van der Waals surface area (Å²) < 4.78 is 18.7. The van der Waals surface area contributed by atoms with Crippen LogP contribution < -0.4 is 5.32 Å². The van der Waals surface area contributed by atoms with Crippen LogP contribution in [0.25, 0.3) is 10.1 Å². The number of amides is 1. The SMILES string of the molecule is COC(=O)c1cccc(NC(=O)c2cc3cc(F)ccc3s2)c1. The van der Waals surface area contributed by atoms with Crippen molar-refractivity contribution in [3.63, 3.8) is 0 Å². The van der Waals surface area contributed by atoms with Crippen LogP contribution in [-0.2, 0) is 4.74 Å². The quantitative estimate of drug-likeness (QED) is 0.737. The second kappa shape index (κ2) is 6.18. The molecule has 0 aliphatic rings. The van der Waals surface area contributed by atoms with E-state index in [4.69, 9.17) is 0 Å². The van der Waals surface area contributed by atoms with Gasteiger partial charge >= 0.3 is 5.97 Å². The van der Waals surface area contributed by atoms with Gasteiger partial charge in [-0.2, -0.15) is 0 Å². The van der Waals surface area contributed by atoms with Crippen LogP contribution in [0.1, 0.15) is 20.0 Å². The molecule has 1 N–H and O–H groups in total. The van der Waals surface area contributed by atoms with Gasteiger partial charge in [0.1, 0.15) is 5.82 Å². The van der Waals surface area contributed by atoms with Gasteiger partial charge in [0.25, 0.3) is 5.91 Å². The van der Waals surface area contributed by atoms with E-state index in [1.54, 1.807) is 30.3 Å². The second-order valence-electron chi connectivity index (χ2n) is 4.82. The summed E-state index contributed by atoms with van der Waals surface area (Å²) in [6.07, 6.45) is 0. The number of thiophene rings is 1. The van der Waals surface area contributed by atoms with Gasteiger partial charge in [0.15, 0.2) is 0 Å². The molecule has 0 atom stereocenters. The minimum Gasteiger partial charge on any atom is -0.465 e. The molecule has 0 aliphatic heterocycles. The molecule has 1 amide bonds. The standard InChI is InChI=1S/C17H12FNO3S/c1-22-17(21)10-3-2-4-13(8-10)19-16(20)15-9-11-7-12(18)5-6-14(11)23-15/h2-9H,1H3,(H,19,20). The van der Waals surface area contributed by atoms with Crippen molar-refractivity contribution in [2.24, 2.45) is 0 Å². The van der Waals surface area contributed by atoms with E-state index in [2.05, 4.69) is 10.1 Å². The van der Waals surface area contributed by atoms with Crippen LogP contribution in [-0.4, -0.2) is 19.0 Å². The first-order chi connectivity index (χ1) is 11.1. The molecule has 1 aromatic heterocycles. The summed E-state index contributed by atoms with van der Waals surface area (Å²) in [5, 5.41) is 3.41. The van der Waals surface area contributed by atoms with Crippen LogP contribution >= 0.6 is 11.3 Å². The summed E-state index contributed by atoms with van der Waals surface area (Å²) in [4.78, 5) is 24.3. The van der Waals surface area contributed by atoms with Gasteiger partial charge in [-0.15, -0.1) is 11.3 Å². The first-order valence-electron chi connectivity index (χ1n) is 6.75. The number of nitrogens with one attached hydrogen (secondary N) is 1. The Hall–Kier alpha value is -2.73. The van der Waals surface area contributed by atoms with Crippen molar-refractivity contribution in [1.82, 2.24) is 0 Å². The Labute approximate surface area is 135 Å². The first-order valence-corrected chi connectivity index (χ1v) is 7.57. The minimum atomic E-state index is -0.474. The molecule has 23 heavy (non-hydrogen) atoms. The largest absolute Gasteiger partial charge is 0.465 e. The average molecular weight is 329 g/mol. The number of anilines is 1. The van der Waals surface area contributed by atoms with E-state index in [0.29, 0.717) is 21.5 Å². The summed E-state index contributed by atoms with van der Waals surface area (Å²) in [5.41, 5.74) is 0.838. The Bertz CT molecular complexity index is 904. The zero-order valence-corrected chi connectivity index (χ0v) is 12.9. The number of methoxy groups -OCH3 is 1.